The van der Waals surface area contributed by atoms with Crippen molar-refractivity contribution in [3.05, 3.63) is 62.8 Å². The molecule has 0 radical (unpaired) electrons. The first-order chi connectivity index (χ1) is 9.19. The molecule has 0 fully saturated rings. The molecule has 1 atom stereocenters. The van der Waals surface area contributed by atoms with E-state index >= 15 is 0 Å². The number of hydrogen-bond donors (Lipinski definition) is 2. The van der Waals surface area contributed by atoms with Crippen LogP contribution in [0.3, 0.4) is 0 Å². The van der Waals surface area contributed by atoms with Gasteiger partial charge in [0.05, 0.1) is 0 Å². The fraction of sp³-hybridized carbons (Fsp3) is 0.214. The van der Waals surface area contributed by atoms with E-state index < -0.39 is 0 Å². The Kier molecular flexibility index (Phi) is 5.51. The van der Waals surface area contributed by atoms with E-state index in [1.54, 1.807) is 6.20 Å². The Morgan fingerprint density at radius 1 is 1.16 bits per heavy atom. The van der Waals surface area contributed by atoms with E-state index in [4.69, 9.17) is 5.84 Å². The van der Waals surface area contributed by atoms with E-state index in [1.165, 1.54) is 5.56 Å². The van der Waals surface area contributed by atoms with E-state index in [0.717, 1.165) is 27.4 Å². The number of halogens is 2. The predicted octanol–water partition coefficient (Wildman–Crippen LogP) is 3.22. The Bertz CT molecular complexity index is 546. The topological polar surface area (TPSA) is 50.9 Å². The smallest absolute Gasteiger partial charge is 0.0410 e. The number of pyridine rings is 1. The van der Waals surface area contributed by atoms with Crippen molar-refractivity contribution in [3.63, 3.8) is 0 Å². The lowest BCUT2D eigenvalue weighted by Gasteiger charge is -2.16. The van der Waals surface area contributed by atoms with E-state index in [0.29, 0.717) is 0 Å². The van der Waals surface area contributed by atoms with Gasteiger partial charge in [-0.05, 0) is 52.0 Å². The van der Waals surface area contributed by atoms with Crippen molar-refractivity contribution in [1.82, 2.24) is 10.4 Å². The summed E-state index contributed by atoms with van der Waals surface area (Å²) < 4.78 is 2.10. The molecule has 2 rings (SSSR count). The Balaban J connectivity index is 2.07. The van der Waals surface area contributed by atoms with Crippen LogP contribution < -0.4 is 11.3 Å². The summed E-state index contributed by atoms with van der Waals surface area (Å²) in [6.45, 7) is 0. The minimum Gasteiger partial charge on any atom is -0.271 e. The first kappa shape index (κ1) is 14.7. The van der Waals surface area contributed by atoms with Crippen LogP contribution in [0.25, 0.3) is 0 Å². The minimum atomic E-state index is 0.176. The van der Waals surface area contributed by atoms with Gasteiger partial charge in [0.1, 0.15) is 0 Å². The highest BCUT2D eigenvalue weighted by molar-refractivity contribution is 9.10. The normalized spacial score (nSPS) is 12.4. The molecular formula is C14H15Br2N3. The van der Waals surface area contributed by atoms with Crippen molar-refractivity contribution in [1.29, 1.82) is 0 Å². The third kappa shape index (κ3) is 4.38. The van der Waals surface area contributed by atoms with Crippen molar-refractivity contribution in [2.45, 2.75) is 18.9 Å². The zero-order chi connectivity index (χ0) is 13.7. The van der Waals surface area contributed by atoms with Gasteiger partial charge in [-0.1, -0.05) is 34.1 Å². The summed E-state index contributed by atoms with van der Waals surface area (Å²) in [5.41, 5.74) is 5.28. The van der Waals surface area contributed by atoms with Crippen LogP contribution in [0.5, 0.6) is 0 Å². The number of nitrogens with two attached hydrogens (primary N) is 1. The molecule has 0 spiro atoms. The largest absolute Gasteiger partial charge is 0.271 e. The van der Waals surface area contributed by atoms with E-state index in [9.17, 15) is 0 Å². The van der Waals surface area contributed by atoms with Gasteiger partial charge in [-0.25, -0.2) is 0 Å². The Morgan fingerprint density at radius 3 is 2.63 bits per heavy atom. The van der Waals surface area contributed by atoms with Crippen molar-refractivity contribution >= 4 is 31.9 Å². The van der Waals surface area contributed by atoms with Gasteiger partial charge in [0.15, 0.2) is 0 Å². The monoisotopic (exact) mass is 383 g/mol. The van der Waals surface area contributed by atoms with Crippen LogP contribution in [-0.4, -0.2) is 11.0 Å². The second kappa shape index (κ2) is 7.14. The SMILES string of the molecule is NNC(Cc1cncc(Br)c1)Cc1ccccc1Br. The highest BCUT2D eigenvalue weighted by Crippen LogP contribution is 2.19. The highest BCUT2D eigenvalue weighted by atomic mass is 79.9. The molecule has 3 N–H and O–H groups in total. The van der Waals surface area contributed by atoms with Crippen molar-refractivity contribution in [3.8, 4) is 0 Å². The van der Waals surface area contributed by atoms with E-state index in [-0.39, 0.29) is 6.04 Å². The summed E-state index contributed by atoms with van der Waals surface area (Å²) in [5.74, 6) is 5.66. The Hall–Kier alpha value is -0.750. The molecule has 19 heavy (non-hydrogen) atoms. The lowest BCUT2D eigenvalue weighted by molar-refractivity contribution is 0.521. The quantitative estimate of drug-likeness (QED) is 0.614. The van der Waals surface area contributed by atoms with Crippen LogP contribution in [0.2, 0.25) is 0 Å². The fourth-order valence-electron chi connectivity index (χ4n) is 1.97. The maximum atomic E-state index is 5.66. The van der Waals surface area contributed by atoms with Crippen LogP contribution in [-0.2, 0) is 12.8 Å². The fourth-order valence-corrected chi connectivity index (χ4v) is 2.83. The number of nitrogens with one attached hydrogen (secondary N) is 1. The molecule has 0 aliphatic rings. The number of nitrogens with zero attached hydrogens (tertiary/aromatic N) is 1. The summed E-state index contributed by atoms with van der Waals surface area (Å²) in [6, 6.07) is 10.4. The molecule has 1 unspecified atom stereocenters. The first-order valence-corrected chi connectivity index (χ1v) is 7.56. The number of aromatic nitrogens is 1. The third-order valence-corrected chi connectivity index (χ3v) is 4.11. The average molecular weight is 385 g/mol. The van der Waals surface area contributed by atoms with Crippen molar-refractivity contribution in [2.24, 2.45) is 5.84 Å². The molecule has 0 aliphatic heterocycles. The molecule has 5 heteroatoms. The van der Waals surface area contributed by atoms with Crippen molar-refractivity contribution in [2.75, 3.05) is 0 Å². The number of hydrogen-bond acceptors (Lipinski definition) is 3. The maximum absolute atomic E-state index is 5.66. The van der Waals surface area contributed by atoms with Gasteiger partial charge in [-0.15, -0.1) is 0 Å². The van der Waals surface area contributed by atoms with Crippen LogP contribution in [0.4, 0.5) is 0 Å². The third-order valence-electron chi connectivity index (χ3n) is 2.90. The first-order valence-electron chi connectivity index (χ1n) is 5.98. The minimum absolute atomic E-state index is 0.176. The van der Waals surface area contributed by atoms with Gasteiger partial charge >= 0.3 is 0 Å². The average Bonchev–Trinajstić information content (AvgIpc) is 2.40. The van der Waals surface area contributed by atoms with Crippen molar-refractivity contribution < 1.29 is 0 Å². The van der Waals surface area contributed by atoms with Crippen LogP contribution in [0, 0.1) is 0 Å². The van der Waals surface area contributed by atoms with E-state index in [1.807, 2.05) is 24.4 Å². The highest BCUT2D eigenvalue weighted by Gasteiger charge is 2.11. The van der Waals surface area contributed by atoms with E-state index in [2.05, 4.69) is 54.4 Å². The standard InChI is InChI=1S/C14H15Br2N3/c15-12-5-10(8-18-9-12)6-13(19-17)7-11-3-1-2-4-14(11)16/h1-5,8-9,13,19H,6-7,17H2. The molecule has 100 valence electrons. The molecule has 0 bridgehead atoms. The molecule has 0 aliphatic carbocycles. The number of rotatable bonds is 5. The zero-order valence-corrected chi connectivity index (χ0v) is 13.5. The van der Waals surface area contributed by atoms with Crippen LogP contribution >= 0.6 is 31.9 Å². The predicted molar refractivity (Wildman–Crippen MR) is 84.6 cm³/mol. The molecule has 0 saturated heterocycles. The van der Waals surface area contributed by atoms with Gasteiger partial charge < -0.3 is 0 Å². The molecule has 1 aromatic heterocycles. The molecule has 3 nitrogen and oxygen atoms in total. The summed E-state index contributed by atoms with van der Waals surface area (Å²) in [5, 5.41) is 0. The molecule has 0 amide bonds. The second-order valence-electron chi connectivity index (χ2n) is 4.37. The molecule has 0 saturated carbocycles. The molecule has 1 heterocycles. The van der Waals surface area contributed by atoms with Gasteiger partial charge in [0.25, 0.3) is 0 Å². The maximum Gasteiger partial charge on any atom is 0.0410 e. The lowest BCUT2D eigenvalue weighted by atomic mass is 10.0. The summed E-state index contributed by atoms with van der Waals surface area (Å²) >= 11 is 6.99. The Morgan fingerprint density at radius 2 is 1.95 bits per heavy atom. The van der Waals surface area contributed by atoms with Gasteiger partial charge in [-0.3, -0.25) is 16.3 Å². The Labute approximate surface area is 129 Å². The summed E-state index contributed by atoms with van der Waals surface area (Å²) in [4.78, 5) is 4.17. The van der Waals surface area contributed by atoms with Gasteiger partial charge in [0, 0.05) is 27.4 Å². The second-order valence-corrected chi connectivity index (χ2v) is 6.14. The molecular weight excluding hydrogens is 370 g/mol. The van der Waals surface area contributed by atoms with Crippen LogP contribution in [0.15, 0.2) is 51.7 Å². The number of hydrazine groups is 1. The lowest BCUT2D eigenvalue weighted by Crippen LogP contribution is -2.38. The van der Waals surface area contributed by atoms with Crippen LogP contribution in [0.1, 0.15) is 11.1 Å². The summed E-state index contributed by atoms with van der Waals surface area (Å²) in [6.07, 6.45) is 5.35. The molecule has 1 aromatic carbocycles. The van der Waals surface area contributed by atoms with Gasteiger partial charge in [0.2, 0.25) is 0 Å². The zero-order valence-electron chi connectivity index (χ0n) is 10.3. The van der Waals surface area contributed by atoms with Gasteiger partial charge in [-0.2, -0.15) is 0 Å². The summed E-state index contributed by atoms with van der Waals surface area (Å²) in [7, 11) is 0. The number of benzene rings is 1. The molecule has 2 aromatic rings.